The first-order chi connectivity index (χ1) is 16.5. The minimum absolute atomic E-state index is 0.0440. The standard InChI is InChI=1S/C30H33ClN2O2/c1-18-20(3)33(17-22-11-9-8-10-12-22)29-25(18)27(23-13-15-24(31)16-14-23)26(19(2)32-29)28(21(4)34)35-30(5,6)7/h8-16,28H,17H2,1-7H3. The summed E-state index contributed by atoms with van der Waals surface area (Å²) in [5.41, 5.74) is 7.51. The Hall–Kier alpha value is -2.95. The molecule has 0 saturated carbocycles. The summed E-state index contributed by atoms with van der Waals surface area (Å²) in [5.74, 6) is -0.0440. The Bertz CT molecular complexity index is 1380. The summed E-state index contributed by atoms with van der Waals surface area (Å²) in [6.45, 7) is 14.5. The van der Waals surface area contributed by atoms with Gasteiger partial charge in [0.05, 0.1) is 5.60 Å². The van der Waals surface area contributed by atoms with Crippen molar-refractivity contribution in [1.29, 1.82) is 0 Å². The van der Waals surface area contributed by atoms with Crippen LogP contribution in [0.25, 0.3) is 22.2 Å². The normalized spacial score (nSPS) is 12.8. The van der Waals surface area contributed by atoms with Gasteiger partial charge in [-0.3, -0.25) is 4.79 Å². The zero-order valence-electron chi connectivity index (χ0n) is 21.6. The van der Waals surface area contributed by atoms with Crippen LogP contribution < -0.4 is 0 Å². The predicted octanol–water partition coefficient (Wildman–Crippen LogP) is 7.78. The van der Waals surface area contributed by atoms with Crippen molar-refractivity contribution in [3.63, 3.8) is 0 Å². The molecule has 1 atom stereocenters. The number of aromatic nitrogens is 2. The van der Waals surface area contributed by atoms with Crippen molar-refractivity contribution < 1.29 is 9.53 Å². The number of fused-ring (bicyclic) bond motifs is 1. The van der Waals surface area contributed by atoms with E-state index in [1.807, 2.05) is 58.0 Å². The molecule has 4 rings (SSSR count). The molecule has 0 radical (unpaired) electrons. The maximum absolute atomic E-state index is 13.0. The van der Waals surface area contributed by atoms with E-state index >= 15 is 0 Å². The molecule has 0 N–H and O–H groups in total. The number of benzene rings is 2. The summed E-state index contributed by atoms with van der Waals surface area (Å²) in [4.78, 5) is 18.1. The summed E-state index contributed by atoms with van der Waals surface area (Å²) < 4.78 is 8.62. The van der Waals surface area contributed by atoms with Crippen LogP contribution in [-0.4, -0.2) is 20.9 Å². The maximum atomic E-state index is 13.0. The lowest BCUT2D eigenvalue weighted by atomic mass is 9.90. The number of ketones is 1. The smallest absolute Gasteiger partial charge is 0.163 e. The van der Waals surface area contributed by atoms with Gasteiger partial charge in [-0.1, -0.05) is 54.1 Å². The second kappa shape index (κ2) is 9.60. The number of halogens is 1. The molecule has 182 valence electrons. The van der Waals surface area contributed by atoms with E-state index in [4.69, 9.17) is 21.3 Å². The van der Waals surface area contributed by atoms with Crippen LogP contribution in [0.3, 0.4) is 0 Å². The Balaban J connectivity index is 2.08. The molecular formula is C30H33ClN2O2. The summed E-state index contributed by atoms with van der Waals surface area (Å²) in [7, 11) is 0. The second-order valence-electron chi connectivity index (χ2n) is 10.2. The lowest BCUT2D eigenvalue weighted by Crippen LogP contribution is -2.27. The molecule has 0 saturated heterocycles. The number of ether oxygens (including phenoxy) is 1. The van der Waals surface area contributed by atoms with Gasteiger partial charge in [-0.15, -0.1) is 0 Å². The highest BCUT2D eigenvalue weighted by Gasteiger charge is 2.31. The van der Waals surface area contributed by atoms with Crippen molar-refractivity contribution in [2.75, 3.05) is 0 Å². The predicted molar refractivity (Wildman–Crippen MR) is 144 cm³/mol. The van der Waals surface area contributed by atoms with Crippen molar-refractivity contribution in [3.05, 3.63) is 87.7 Å². The van der Waals surface area contributed by atoms with Crippen LogP contribution >= 0.6 is 11.6 Å². The van der Waals surface area contributed by atoms with Crippen LogP contribution in [0.4, 0.5) is 0 Å². The minimum atomic E-state index is -0.727. The van der Waals surface area contributed by atoms with E-state index in [1.54, 1.807) is 6.92 Å². The zero-order valence-corrected chi connectivity index (χ0v) is 22.3. The molecule has 0 bridgehead atoms. The van der Waals surface area contributed by atoms with Crippen LogP contribution in [0.15, 0.2) is 54.6 Å². The molecular weight excluding hydrogens is 456 g/mol. The fraction of sp³-hybridized carbons (Fsp3) is 0.333. The van der Waals surface area contributed by atoms with E-state index in [-0.39, 0.29) is 5.78 Å². The van der Waals surface area contributed by atoms with Gasteiger partial charge in [0.2, 0.25) is 0 Å². The molecule has 0 fully saturated rings. The summed E-state index contributed by atoms with van der Waals surface area (Å²) >= 11 is 6.24. The van der Waals surface area contributed by atoms with Crippen molar-refractivity contribution in [3.8, 4) is 11.1 Å². The van der Waals surface area contributed by atoms with Gasteiger partial charge in [0.25, 0.3) is 0 Å². The first-order valence-corrected chi connectivity index (χ1v) is 12.3. The van der Waals surface area contributed by atoms with E-state index < -0.39 is 11.7 Å². The summed E-state index contributed by atoms with van der Waals surface area (Å²) in [6, 6.07) is 18.2. The maximum Gasteiger partial charge on any atom is 0.163 e. The van der Waals surface area contributed by atoms with Gasteiger partial charge in [0.1, 0.15) is 11.8 Å². The second-order valence-corrected chi connectivity index (χ2v) is 10.6. The molecule has 4 aromatic rings. The van der Waals surface area contributed by atoms with Crippen molar-refractivity contribution in [2.45, 2.75) is 66.7 Å². The lowest BCUT2D eigenvalue weighted by Gasteiger charge is -2.29. The Morgan fingerprint density at radius 3 is 2.23 bits per heavy atom. The third-order valence-electron chi connectivity index (χ3n) is 6.40. The van der Waals surface area contributed by atoms with Crippen molar-refractivity contribution in [2.24, 2.45) is 0 Å². The van der Waals surface area contributed by atoms with E-state index in [0.717, 1.165) is 51.2 Å². The third kappa shape index (κ3) is 5.05. The average molecular weight is 489 g/mol. The first-order valence-electron chi connectivity index (χ1n) is 12.0. The minimum Gasteiger partial charge on any atom is -0.360 e. The van der Waals surface area contributed by atoms with Gasteiger partial charge < -0.3 is 9.30 Å². The Kier molecular flexibility index (Phi) is 6.90. The quantitative estimate of drug-likeness (QED) is 0.278. The number of hydrogen-bond donors (Lipinski definition) is 0. The van der Waals surface area contributed by atoms with Crippen LogP contribution in [0.2, 0.25) is 5.02 Å². The molecule has 0 spiro atoms. The highest BCUT2D eigenvalue weighted by atomic mass is 35.5. The van der Waals surface area contributed by atoms with Gasteiger partial charge >= 0.3 is 0 Å². The summed E-state index contributed by atoms with van der Waals surface area (Å²) in [5, 5.41) is 1.71. The number of rotatable bonds is 6. The van der Waals surface area contributed by atoms with Gasteiger partial charge in [0, 0.05) is 39.5 Å². The molecule has 4 nitrogen and oxygen atoms in total. The molecule has 0 amide bonds. The van der Waals surface area contributed by atoms with Gasteiger partial charge in [0.15, 0.2) is 5.78 Å². The highest BCUT2D eigenvalue weighted by Crippen LogP contribution is 2.42. The number of carbonyl (C=O) groups is 1. The SMILES string of the molecule is CC(=O)C(OC(C)(C)C)c1c(C)nc2c(c(C)c(C)n2Cc2ccccc2)c1-c1ccc(Cl)cc1. The Morgan fingerprint density at radius 2 is 1.66 bits per heavy atom. The fourth-order valence-corrected chi connectivity index (χ4v) is 4.82. The first kappa shape index (κ1) is 25.2. The zero-order chi connectivity index (χ0) is 25.5. The van der Waals surface area contributed by atoms with Gasteiger partial charge in [-0.2, -0.15) is 0 Å². The average Bonchev–Trinajstić information content (AvgIpc) is 3.02. The molecule has 2 aromatic carbocycles. The molecule has 2 aromatic heterocycles. The largest absolute Gasteiger partial charge is 0.360 e. The highest BCUT2D eigenvalue weighted by molar-refractivity contribution is 6.30. The molecule has 1 unspecified atom stereocenters. The fourth-order valence-electron chi connectivity index (χ4n) is 4.69. The van der Waals surface area contributed by atoms with Crippen LogP contribution in [0.5, 0.6) is 0 Å². The van der Waals surface area contributed by atoms with E-state index in [1.165, 1.54) is 5.56 Å². The van der Waals surface area contributed by atoms with Crippen molar-refractivity contribution >= 4 is 28.4 Å². The number of hydrogen-bond acceptors (Lipinski definition) is 3. The molecule has 0 aliphatic heterocycles. The topological polar surface area (TPSA) is 44.1 Å². The third-order valence-corrected chi connectivity index (χ3v) is 6.66. The Morgan fingerprint density at radius 1 is 1.03 bits per heavy atom. The number of carbonyl (C=O) groups excluding carboxylic acids is 1. The molecule has 0 aliphatic carbocycles. The molecule has 35 heavy (non-hydrogen) atoms. The van der Waals surface area contributed by atoms with Crippen LogP contribution in [0.1, 0.15) is 61.9 Å². The lowest BCUT2D eigenvalue weighted by molar-refractivity contribution is -0.138. The van der Waals surface area contributed by atoms with E-state index in [9.17, 15) is 4.79 Å². The number of aryl methyl sites for hydroxylation is 2. The Labute approximate surface area is 212 Å². The van der Waals surface area contributed by atoms with Gasteiger partial charge in [-0.25, -0.2) is 4.98 Å². The number of Topliss-reactive ketones (excluding diaryl/α,β-unsaturated/α-hetero) is 1. The molecule has 5 heteroatoms. The number of nitrogens with zero attached hydrogens (tertiary/aromatic N) is 2. The van der Waals surface area contributed by atoms with E-state index in [0.29, 0.717) is 5.02 Å². The van der Waals surface area contributed by atoms with Crippen LogP contribution in [0, 0.1) is 20.8 Å². The monoisotopic (exact) mass is 488 g/mol. The summed E-state index contributed by atoms with van der Waals surface area (Å²) in [6.07, 6.45) is -0.727. The van der Waals surface area contributed by atoms with Crippen molar-refractivity contribution in [1.82, 2.24) is 9.55 Å². The molecule has 0 aliphatic rings. The molecule has 2 heterocycles. The number of pyridine rings is 1. The van der Waals surface area contributed by atoms with Crippen LogP contribution in [-0.2, 0) is 16.1 Å². The van der Waals surface area contributed by atoms with E-state index in [2.05, 4.69) is 42.7 Å². The van der Waals surface area contributed by atoms with Gasteiger partial charge in [-0.05, 0) is 77.3 Å².